The molecule has 210 valence electrons. The SMILES string of the molecule is NS(=O)(=O)NC1(CN=C(NS(=O)(=O)c2ccc(Cl)cc2)N2C[C@@H](c3ccccc3)C(c3ccc(Cl)cc3)=N2)CC1. The number of aliphatic imine (C=N–C) groups is 1. The van der Waals surface area contributed by atoms with Crippen molar-refractivity contribution in [1.29, 1.82) is 0 Å². The van der Waals surface area contributed by atoms with E-state index in [2.05, 4.69) is 14.4 Å². The molecule has 1 heterocycles. The predicted octanol–water partition coefficient (Wildman–Crippen LogP) is 3.46. The molecule has 0 amide bonds. The minimum atomic E-state index is -4.10. The van der Waals surface area contributed by atoms with Crippen molar-refractivity contribution in [2.24, 2.45) is 15.2 Å². The zero-order valence-electron chi connectivity index (χ0n) is 21.0. The fraction of sp³-hybridized carbons (Fsp3) is 0.231. The van der Waals surface area contributed by atoms with Crippen molar-refractivity contribution >= 4 is 55.1 Å². The third-order valence-corrected chi connectivity index (χ3v) is 9.16. The number of nitrogens with one attached hydrogen (secondary N) is 2. The van der Waals surface area contributed by atoms with Crippen LogP contribution < -0.4 is 14.6 Å². The van der Waals surface area contributed by atoms with E-state index in [9.17, 15) is 16.8 Å². The van der Waals surface area contributed by atoms with E-state index in [0.717, 1.165) is 11.1 Å². The molecule has 5 rings (SSSR count). The molecule has 0 unspecified atom stereocenters. The Morgan fingerprint density at radius 2 is 1.55 bits per heavy atom. The molecular formula is C26H26Cl2N6O4S2. The monoisotopic (exact) mass is 620 g/mol. The highest BCUT2D eigenvalue weighted by Crippen LogP contribution is 2.36. The van der Waals surface area contributed by atoms with E-state index >= 15 is 0 Å². The number of hydrogen-bond acceptors (Lipinski definition) is 6. The Labute approximate surface area is 243 Å². The van der Waals surface area contributed by atoms with Gasteiger partial charge < -0.3 is 0 Å². The average molecular weight is 622 g/mol. The molecule has 0 bridgehead atoms. The van der Waals surface area contributed by atoms with Gasteiger partial charge in [-0.2, -0.15) is 18.2 Å². The molecule has 0 saturated heterocycles. The van der Waals surface area contributed by atoms with Crippen LogP contribution in [0.25, 0.3) is 0 Å². The lowest BCUT2D eigenvalue weighted by molar-refractivity contribution is 0.457. The molecule has 10 nitrogen and oxygen atoms in total. The summed E-state index contributed by atoms with van der Waals surface area (Å²) in [6.07, 6.45) is 1.02. The summed E-state index contributed by atoms with van der Waals surface area (Å²) in [6.45, 7) is 0.236. The summed E-state index contributed by atoms with van der Waals surface area (Å²) in [5.41, 5.74) is 1.61. The van der Waals surface area contributed by atoms with Crippen molar-refractivity contribution < 1.29 is 16.8 Å². The molecule has 1 fully saturated rings. The van der Waals surface area contributed by atoms with Crippen molar-refractivity contribution in [3.63, 3.8) is 0 Å². The minimum absolute atomic E-state index is 0.0193. The molecule has 1 aliphatic carbocycles. The summed E-state index contributed by atoms with van der Waals surface area (Å²) in [7, 11) is -8.08. The number of hydrazone groups is 1. The topological polar surface area (TPSA) is 146 Å². The Bertz CT molecular complexity index is 1660. The molecule has 1 aliphatic heterocycles. The quantitative estimate of drug-likeness (QED) is 0.261. The predicted molar refractivity (Wildman–Crippen MR) is 156 cm³/mol. The van der Waals surface area contributed by atoms with Gasteiger partial charge in [0, 0.05) is 16.0 Å². The van der Waals surface area contributed by atoms with E-state index in [1.165, 1.54) is 29.3 Å². The Morgan fingerprint density at radius 3 is 2.12 bits per heavy atom. The number of nitrogens with two attached hydrogens (primary N) is 1. The van der Waals surface area contributed by atoms with E-state index in [1.807, 2.05) is 42.5 Å². The van der Waals surface area contributed by atoms with Crippen LogP contribution in [-0.2, 0) is 20.2 Å². The first-order valence-corrected chi connectivity index (χ1v) is 16.0. The van der Waals surface area contributed by atoms with Crippen LogP contribution in [0, 0.1) is 0 Å². The number of hydrogen-bond donors (Lipinski definition) is 3. The summed E-state index contributed by atoms with van der Waals surface area (Å²) in [6, 6.07) is 22.6. The van der Waals surface area contributed by atoms with Crippen molar-refractivity contribution in [3.05, 3.63) is 100 Å². The highest BCUT2D eigenvalue weighted by molar-refractivity contribution is 7.90. The van der Waals surface area contributed by atoms with E-state index in [4.69, 9.17) is 33.4 Å². The lowest BCUT2D eigenvalue weighted by Gasteiger charge is -2.21. The van der Waals surface area contributed by atoms with Gasteiger partial charge in [0.05, 0.1) is 29.2 Å². The van der Waals surface area contributed by atoms with Gasteiger partial charge in [0.1, 0.15) is 0 Å². The summed E-state index contributed by atoms with van der Waals surface area (Å²) in [4.78, 5) is 4.52. The molecule has 14 heteroatoms. The third-order valence-electron chi connectivity index (χ3n) is 6.59. The van der Waals surface area contributed by atoms with Gasteiger partial charge in [-0.25, -0.2) is 28.3 Å². The maximum absolute atomic E-state index is 13.4. The van der Waals surface area contributed by atoms with Crippen LogP contribution in [0.15, 0.2) is 93.9 Å². The highest BCUT2D eigenvalue weighted by atomic mass is 35.5. The lowest BCUT2D eigenvalue weighted by Crippen LogP contribution is -2.45. The lowest BCUT2D eigenvalue weighted by atomic mass is 9.91. The summed E-state index contributed by atoms with van der Waals surface area (Å²) < 4.78 is 55.1. The first kappa shape index (κ1) is 28.5. The maximum Gasteiger partial charge on any atom is 0.274 e. The highest BCUT2D eigenvalue weighted by Gasteiger charge is 2.45. The smallest absolute Gasteiger partial charge is 0.249 e. The van der Waals surface area contributed by atoms with Crippen LogP contribution in [0.2, 0.25) is 10.0 Å². The molecule has 3 aromatic rings. The third kappa shape index (κ3) is 6.82. The number of halogens is 2. The summed E-state index contributed by atoms with van der Waals surface area (Å²) >= 11 is 12.1. The van der Waals surface area contributed by atoms with Crippen LogP contribution in [0.4, 0.5) is 0 Å². The zero-order chi connectivity index (χ0) is 28.5. The van der Waals surface area contributed by atoms with Gasteiger partial charge in [-0.3, -0.25) is 0 Å². The Kier molecular flexibility index (Phi) is 7.92. The molecule has 0 spiro atoms. The molecule has 1 saturated carbocycles. The number of sulfonamides is 1. The second-order valence-electron chi connectivity index (χ2n) is 9.66. The van der Waals surface area contributed by atoms with Crippen molar-refractivity contribution in [2.75, 3.05) is 13.1 Å². The van der Waals surface area contributed by atoms with Crippen molar-refractivity contribution in [2.45, 2.75) is 29.2 Å². The molecule has 1 atom stereocenters. The molecule has 4 N–H and O–H groups in total. The van der Waals surface area contributed by atoms with Gasteiger partial charge in [-0.05, 0) is 60.4 Å². The number of benzene rings is 3. The minimum Gasteiger partial charge on any atom is -0.249 e. The summed E-state index contributed by atoms with van der Waals surface area (Å²) in [5.74, 6) is -0.271. The second kappa shape index (κ2) is 11.1. The molecule has 0 aromatic heterocycles. The average Bonchev–Trinajstić information content (AvgIpc) is 3.51. The standard InChI is InChI=1S/C26H26Cl2N6O4S2/c27-20-8-6-19(7-9-20)24-23(18-4-2-1-3-5-18)16-34(31-24)25(30-17-26(14-15-26)33-40(29,37)38)32-39(35,36)22-12-10-21(28)11-13-22/h1-13,23,33H,14-17H2,(H,30,32)(H2,29,37,38)/t23-/m0/s1. The zero-order valence-corrected chi connectivity index (χ0v) is 24.2. The number of guanidine groups is 1. The number of rotatable bonds is 8. The van der Waals surface area contributed by atoms with Crippen LogP contribution in [-0.4, -0.2) is 52.1 Å². The molecule has 0 radical (unpaired) electrons. The molecular weight excluding hydrogens is 595 g/mol. The normalized spacial score (nSPS) is 18.9. The van der Waals surface area contributed by atoms with Crippen molar-refractivity contribution in [3.8, 4) is 0 Å². The van der Waals surface area contributed by atoms with E-state index < -0.39 is 25.8 Å². The van der Waals surface area contributed by atoms with Gasteiger partial charge in [-0.1, -0.05) is 65.7 Å². The van der Waals surface area contributed by atoms with E-state index in [0.29, 0.717) is 28.6 Å². The van der Waals surface area contributed by atoms with Crippen LogP contribution >= 0.6 is 23.2 Å². The van der Waals surface area contributed by atoms with Gasteiger partial charge >= 0.3 is 0 Å². The fourth-order valence-corrected chi connectivity index (χ4v) is 6.54. The van der Waals surface area contributed by atoms with Gasteiger partial charge in [-0.15, -0.1) is 0 Å². The second-order valence-corrected chi connectivity index (χ2v) is 13.5. The summed E-state index contributed by atoms with van der Waals surface area (Å²) in [5, 5.41) is 12.5. The number of nitrogens with zero attached hydrogens (tertiary/aromatic N) is 3. The van der Waals surface area contributed by atoms with Gasteiger partial charge in [0.25, 0.3) is 20.2 Å². The van der Waals surface area contributed by atoms with E-state index in [-0.39, 0.29) is 29.9 Å². The van der Waals surface area contributed by atoms with Gasteiger partial charge in [0.15, 0.2) is 0 Å². The van der Waals surface area contributed by atoms with Gasteiger partial charge in [0.2, 0.25) is 5.96 Å². The molecule has 40 heavy (non-hydrogen) atoms. The first-order valence-electron chi connectivity index (χ1n) is 12.2. The van der Waals surface area contributed by atoms with Crippen LogP contribution in [0.1, 0.15) is 29.9 Å². The Hall–Kier alpha value is -3.00. The van der Waals surface area contributed by atoms with Crippen LogP contribution in [0.3, 0.4) is 0 Å². The van der Waals surface area contributed by atoms with E-state index in [1.54, 1.807) is 12.1 Å². The van der Waals surface area contributed by atoms with Crippen molar-refractivity contribution in [1.82, 2.24) is 14.5 Å². The first-order chi connectivity index (χ1) is 18.9. The largest absolute Gasteiger partial charge is 0.274 e. The molecule has 2 aliphatic rings. The fourth-order valence-electron chi connectivity index (χ4n) is 4.39. The molecule has 3 aromatic carbocycles. The Balaban J connectivity index is 1.54. The maximum atomic E-state index is 13.4. The Morgan fingerprint density at radius 1 is 0.950 bits per heavy atom. The van der Waals surface area contributed by atoms with Crippen LogP contribution in [0.5, 0.6) is 0 Å².